The highest BCUT2D eigenvalue weighted by Crippen LogP contribution is 2.26. The Kier molecular flexibility index (Phi) is 4.24. The first-order valence-electron chi connectivity index (χ1n) is 7.25. The molecule has 1 aromatic carbocycles. The molecular weight excluding hydrogens is 323 g/mol. The highest BCUT2D eigenvalue weighted by atomic mass is 19.4. The van der Waals surface area contributed by atoms with Gasteiger partial charge >= 0.3 is 6.36 Å². The van der Waals surface area contributed by atoms with Crippen LogP contribution in [0.25, 0.3) is 11.0 Å². The maximum absolute atomic E-state index is 12.2. The summed E-state index contributed by atoms with van der Waals surface area (Å²) in [6.07, 6.45) is -0.708. The minimum Gasteiger partial charge on any atom is -0.406 e. The number of nitrogens with one attached hydrogen (secondary N) is 1. The minimum absolute atomic E-state index is 0.281. The summed E-state index contributed by atoms with van der Waals surface area (Å²) in [5.74, 6) is 0.253. The molecule has 1 N–H and O–H groups in total. The van der Waals surface area contributed by atoms with Gasteiger partial charge in [0.2, 0.25) is 0 Å². The van der Waals surface area contributed by atoms with Crippen LogP contribution in [-0.4, -0.2) is 26.1 Å². The Morgan fingerprint density at radius 2 is 1.92 bits per heavy atom. The average molecular weight is 337 g/mol. The van der Waals surface area contributed by atoms with Gasteiger partial charge in [-0.25, -0.2) is 14.6 Å². The van der Waals surface area contributed by atoms with Gasteiger partial charge in [-0.2, -0.15) is 5.10 Å². The second-order valence-corrected chi connectivity index (χ2v) is 5.02. The molecule has 0 unspecified atom stereocenters. The van der Waals surface area contributed by atoms with Gasteiger partial charge in [0.1, 0.15) is 17.9 Å². The molecule has 0 amide bonds. The number of halogens is 3. The predicted molar refractivity (Wildman–Crippen MR) is 82.0 cm³/mol. The van der Waals surface area contributed by atoms with Crippen molar-refractivity contribution in [2.75, 3.05) is 5.32 Å². The van der Waals surface area contributed by atoms with Crippen molar-refractivity contribution in [3.63, 3.8) is 0 Å². The zero-order valence-electron chi connectivity index (χ0n) is 12.7. The SMILES string of the molecule is CCCn1ncc2c(Nc3ccc(OC(F)(F)F)cc3)ncnc21. The van der Waals surface area contributed by atoms with Crippen LogP contribution in [0.5, 0.6) is 5.75 Å². The normalized spacial score (nSPS) is 11.7. The number of aryl methyl sites for hydroxylation is 1. The van der Waals surface area contributed by atoms with Crippen LogP contribution in [0, 0.1) is 0 Å². The average Bonchev–Trinajstić information content (AvgIpc) is 2.93. The van der Waals surface area contributed by atoms with E-state index in [1.165, 1.54) is 30.6 Å². The Morgan fingerprint density at radius 3 is 2.58 bits per heavy atom. The molecule has 2 aromatic heterocycles. The van der Waals surface area contributed by atoms with Crippen LogP contribution < -0.4 is 10.1 Å². The van der Waals surface area contributed by atoms with E-state index in [0.29, 0.717) is 17.2 Å². The molecule has 24 heavy (non-hydrogen) atoms. The van der Waals surface area contributed by atoms with E-state index < -0.39 is 6.36 Å². The zero-order chi connectivity index (χ0) is 17.2. The molecule has 0 bridgehead atoms. The Balaban J connectivity index is 1.82. The van der Waals surface area contributed by atoms with Crippen molar-refractivity contribution in [1.29, 1.82) is 0 Å². The highest BCUT2D eigenvalue weighted by molar-refractivity contribution is 5.88. The lowest BCUT2D eigenvalue weighted by molar-refractivity contribution is -0.274. The van der Waals surface area contributed by atoms with Crippen LogP contribution in [0.15, 0.2) is 36.8 Å². The van der Waals surface area contributed by atoms with Gasteiger partial charge in [-0.05, 0) is 30.7 Å². The highest BCUT2D eigenvalue weighted by Gasteiger charge is 2.30. The van der Waals surface area contributed by atoms with Crippen LogP contribution in [0.3, 0.4) is 0 Å². The van der Waals surface area contributed by atoms with Crippen LogP contribution in [0.2, 0.25) is 0 Å². The fourth-order valence-electron chi connectivity index (χ4n) is 2.24. The lowest BCUT2D eigenvalue weighted by Gasteiger charge is -2.10. The van der Waals surface area contributed by atoms with Gasteiger partial charge < -0.3 is 10.1 Å². The first kappa shape index (κ1) is 16.0. The summed E-state index contributed by atoms with van der Waals surface area (Å²) in [6.45, 7) is 2.78. The largest absolute Gasteiger partial charge is 0.573 e. The molecule has 0 fully saturated rings. The molecule has 126 valence electrons. The molecule has 0 spiro atoms. The Bertz CT molecular complexity index is 829. The van der Waals surface area contributed by atoms with E-state index in [-0.39, 0.29) is 5.75 Å². The number of nitrogens with zero attached hydrogens (tertiary/aromatic N) is 4. The molecule has 0 aliphatic carbocycles. The van der Waals surface area contributed by atoms with Crippen LogP contribution in [0.4, 0.5) is 24.7 Å². The first-order chi connectivity index (χ1) is 11.5. The van der Waals surface area contributed by atoms with Crippen molar-refractivity contribution >= 4 is 22.5 Å². The fourth-order valence-corrected chi connectivity index (χ4v) is 2.24. The number of anilines is 2. The smallest absolute Gasteiger partial charge is 0.406 e. The molecule has 6 nitrogen and oxygen atoms in total. The van der Waals surface area contributed by atoms with Crippen molar-refractivity contribution in [2.24, 2.45) is 0 Å². The summed E-state index contributed by atoms with van der Waals surface area (Å²) in [4.78, 5) is 8.39. The number of benzene rings is 1. The van der Waals surface area contributed by atoms with Crippen LogP contribution in [0.1, 0.15) is 13.3 Å². The quantitative estimate of drug-likeness (QED) is 0.765. The molecular formula is C15H14F3N5O. The minimum atomic E-state index is -4.71. The third-order valence-corrected chi connectivity index (χ3v) is 3.22. The molecule has 0 aliphatic rings. The van der Waals surface area contributed by atoms with Crippen LogP contribution in [-0.2, 0) is 6.54 Å². The van der Waals surface area contributed by atoms with Crippen molar-refractivity contribution in [3.05, 3.63) is 36.8 Å². The van der Waals surface area contributed by atoms with Crippen molar-refractivity contribution in [3.8, 4) is 5.75 Å². The fraction of sp³-hybridized carbons (Fsp3) is 0.267. The van der Waals surface area contributed by atoms with E-state index in [0.717, 1.165) is 18.4 Å². The van der Waals surface area contributed by atoms with E-state index in [9.17, 15) is 13.2 Å². The summed E-state index contributed by atoms with van der Waals surface area (Å²) >= 11 is 0. The summed E-state index contributed by atoms with van der Waals surface area (Å²) in [5.41, 5.74) is 1.28. The number of rotatable bonds is 5. The molecule has 0 saturated carbocycles. The molecule has 0 aliphatic heterocycles. The number of hydrogen-bond acceptors (Lipinski definition) is 5. The maximum atomic E-state index is 12.2. The molecule has 0 radical (unpaired) electrons. The number of aromatic nitrogens is 4. The van der Waals surface area contributed by atoms with Gasteiger partial charge in [0, 0.05) is 12.2 Å². The third-order valence-electron chi connectivity index (χ3n) is 3.22. The Hall–Kier alpha value is -2.84. The summed E-state index contributed by atoms with van der Waals surface area (Å²) < 4.78 is 42.1. The van der Waals surface area contributed by atoms with Gasteiger partial charge in [0.25, 0.3) is 0 Å². The summed E-state index contributed by atoms with van der Waals surface area (Å²) in [7, 11) is 0. The van der Waals surface area contributed by atoms with Gasteiger partial charge in [-0.15, -0.1) is 13.2 Å². The molecule has 2 heterocycles. The zero-order valence-corrected chi connectivity index (χ0v) is 12.7. The topological polar surface area (TPSA) is 64.9 Å². The molecule has 9 heteroatoms. The van der Waals surface area contributed by atoms with Gasteiger partial charge in [-0.3, -0.25) is 0 Å². The first-order valence-corrected chi connectivity index (χ1v) is 7.25. The van der Waals surface area contributed by atoms with Crippen LogP contribution >= 0.6 is 0 Å². The lowest BCUT2D eigenvalue weighted by Crippen LogP contribution is -2.16. The van der Waals surface area contributed by atoms with E-state index in [2.05, 4.69) is 25.1 Å². The molecule has 3 aromatic rings. The number of hydrogen-bond donors (Lipinski definition) is 1. The van der Waals surface area contributed by atoms with E-state index >= 15 is 0 Å². The van der Waals surface area contributed by atoms with Crippen molar-refractivity contribution in [1.82, 2.24) is 19.7 Å². The van der Waals surface area contributed by atoms with E-state index in [1.807, 2.05) is 6.92 Å². The Morgan fingerprint density at radius 1 is 1.17 bits per heavy atom. The van der Waals surface area contributed by atoms with E-state index in [1.54, 1.807) is 10.9 Å². The number of alkyl halides is 3. The second-order valence-electron chi connectivity index (χ2n) is 5.02. The standard InChI is InChI=1S/C15H14F3N5O/c1-2-7-23-14-12(8-21-23)13(19-9-20-14)22-10-3-5-11(6-4-10)24-15(16,17)18/h3-6,8-9H,2,7H2,1H3,(H,19,20,22). The predicted octanol–water partition coefficient (Wildman–Crippen LogP) is 3.88. The second kappa shape index (κ2) is 6.34. The monoisotopic (exact) mass is 337 g/mol. The van der Waals surface area contributed by atoms with Crippen molar-refractivity contribution in [2.45, 2.75) is 26.3 Å². The summed E-state index contributed by atoms with van der Waals surface area (Å²) in [5, 5.41) is 8.06. The lowest BCUT2D eigenvalue weighted by atomic mass is 10.3. The number of fused-ring (bicyclic) bond motifs is 1. The summed E-state index contributed by atoms with van der Waals surface area (Å²) in [6, 6.07) is 5.42. The maximum Gasteiger partial charge on any atom is 0.573 e. The van der Waals surface area contributed by atoms with E-state index in [4.69, 9.17) is 0 Å². The third kappa shape index (κ3) is 3.55. The van der Waals surface area contributed by atoms with Gasteiger partial charge in [0.05, 0.1) is 11.6 Å². The van der Waals surface area contributed by atoms with Gasteiger partial charge in [0.15, 0.2) is 5.65 Å². The number of ether oxygens (including phenoxy) is 1. The Labute approximate surface area is 135 Å². The molecule has 3 rings (SSSR count). The molecule has 0 saturated heterocycles. The van der Waals surface area contributed by atoms with Gasteiger partial charge in [-0.1, -0.05) is 6.92 Å². The molecule has 0 atom stereocenters. The van der Waals surface area contributed by atoms with Crippen molar-refractivity contribution < 1.29 is 17.9 Å².